The molecule has 0 aliphatic heterocycles. The number of allylic oxidation sites excluding steroid dienone is 5. The number of carbonyl (C=O) groups is 2. The maximum Gasteiger partial charge on any atom is 0.220 e. The number of unbranched alkanes of at least 4 members (excludes halogenated alkanes) is 4. The number of carbonyl (C=O) groups excluding carboxylic acids is 2. The van der Waals surface area contributed by atoms with Gasteiger partial charge in [-0.2, -0.15) is 0 Å². The first-order chi connectivity index (χ1) is 14.1. The molecule has 0 spiro atoms. The van der Waals surface area contributed by atoms with Crippen molar-refractivity contribution < 1.29 is 14.7 Å². The Kier molecular flexibility index (Phi) is 14.0. The van der Waals surface area contributed by atoms with E-state index >= 15 is 0 Å². The minimum Gasteiger partial charge on any atom is -0.389 e. The Balaban J connectivity index is 1.98. The predicted octanol–water partition coefficient (Wildman–Crippen LogP) is 5.04. The maximum absolute atomic E-state index is 11.8. The van der Waals surface area contributed by atoms with Crippen LogP contribution >= 0.6 is 0 Å². The molecule has 1 amide bonds. The summed E-state index contributed by atoms with van der Waals surface area (Å²) >= 11 is 0. The largest absolute Gasteiger partial charge is 0.389 e. The molecule has 0 fully saturated rings. The van der Waals surface area contributed by atoms with E-state index in [0.717, 1.165) is 37.7 Å². The summed E-state index contributed by atoms with van der Waals surface area (Å²) in [7, 11) is 0. The number of rotatable bonds is 15. The van der Waals surface area contributed by atoms with Gasteiger partial charge in [-0.25, -0.2) is 0 Å². The van der Waals surface area contributed by atoms with Crippen molar-refractivity contribution in [1.82, 2.24) is 5.32 Å². The Labute approximate surface area is 175 Å². The molecule has 4 nitrogen and oxygen atoms in total. The van der Waals surface area contributed by atoms with Crippen LogP contribution in [0.25, 0.3) is 0 Å². The minimum absolute atomic E-state index is 0.0984. The van der Waals surface area contributed by atoms with Crippen LogP contribution in [0.2, 0.25) is 0 Å². The Morgan fingerprint density at radius 2 is 1.59 bits per heavy atom. The van der Waals surface area contributed by atoms with Crippen LogP contribution in [-0.2, 0) is 16.1 Å². The van der Waals surface area contributed by atoms with E-state index in [1.54, 1.807) is 36.5 Å². The fourth-order valence-electron chi connectivity index (χ4n) is 2.70. The summed E-state index contributed by atoms with van der Waals surface area (Å²) < 4.78 is 0. The average Bonchev–Trinajstić information content (AvgIpc) is 2.74. The summed E-state index contributed by atoms with van der Waals surface area (Å²) in [5.74, 6) is 0.230. The first-order valence-corrected chi connectivity index (χ1v) is 10.6. The summed E-state index contributed by atoms with van der Waals surface area (Å²) in [6.07, 6.45) is 16.7. The van der Waals surface area contributed by atoms with Crippen molar-refractivity contribution in [2.75, 3.05) is 0 Å². The smallest absolute Gasteiger partial charge is 0.220 e. The van der Waals surface area contributed by atoms with Gasteiger partial charge >= 0.3 is 0 Å². The van der Waals surface area contributed by atoms with Gasteiger partial charge in [-0.3, -0.25) is 9.59 Å². The number of amides is 1. The lowest BCUT2D eigenvalue weighted by molar-refractivity contribution is -0.121. The first kappa shape index (κ1) is 24.6. The van der Waals surface area contributed by atoms with E-state index in [4.69, 9.17) is 0 Å². The molecule has 1 aromatic rings. The topological polar surface area (TPSA) is 66.4 Å². The van der Waals surface area contributed by atoms with E-state index in [2.05, 4.69) is 5.32 Å². The lowest BCUT2D eigenvalue weighted by Gasteiger charge is -2.05. The standard InChI is InChI=1S/C25H35NO3/c1-2-23(27)17-11-6-7-13-19-24(28)18-12-4-3-5-14-20-25(29)26-21-22-15-9-8-10-16-22/h6-11,13,15-17,19,23,27H,2-5,12,14,18,20-21H2,1H3,(H,26,29)/b7-6+,17-11+,19-13+/t23-/m0/s1. The fourth-order valence-corrected chi connectivity index (χ4v) is 2.70. The highest BCUT2D eigenvalue weighted by Crippen LogP contribution is 2.08. The first-order valence-electron chi connectivity index (χ1n) is 10.6. The molecule has 0 radical (unpaired) electrons. The summed E-state index contributed by atoms with van der Waals surface area (Å²) in [6.45, 7) is 2.50. The highest BCUT2D eigenvalue weighted by Gasteiger charge is 2.01. The molecule has 0 bridgehead atoms. The van der Waals surface area contributed by atoms with Gasteiger partial charge in [0.15, 0.2) is 5.78 Å². The van der Waals surface area contributed by atoms with Crippen LogP contribution in [0.5, 0.6) is 0 Å². The van der Waals surface area contributed by atoms with Gasteiger partial charge in [-0.15, -0.1) is 0 Å². The third kappa shape index (κ3) is 14.2. The monoisotopic (exact) mass is 397 g/mol. The van der Waals surface area contributed by atoms with Crippen LogP contribution in [0.15, 0.2) is 66.8 Å². The zero-order chi connectivity index (χ0) is 21.2. The molecular weight excluding hydrogens is 362 g/mol. The van der Waals surface area contributed by atoms with Gasteiger partial charge in [-0.05, 0) is 30.9 Å². The third-order valence-electron chi connectivity index (χ3n) is 4.53. The van der Waals surface area contributed by atoms with Crippen molar-refractivity contribution in [1.29, 1.82) is 0 Å². The summed E-state index contributed by atoms with van der Waals surface area (Å²) in [4.78, 5) is 23.6. The molecule has 1 aromatic carbocycles. The van der Waals surface area contributed by atoms with E-state index < -0.39 is 6.10 Å². The number of aliphatic hydroxyl groups excluding tert-OH is 1. The Morgan fingerprint density at radius 3 is 2.31 bits per heavy atom. The molecular formula is C25H35NO3. The highest BCUT2D eigenvalue weighted by molar-refractivity contribution is 5.89. The van der Waals surface area contributed by atoms with E-state index in [1.165, 1.54) is 0 Å². The van der Waals surface area contributed by atoms with Crippen molar-refractivity contribution in [2.45, 2.75) is 70.9 Å². The number of nitrogens with one attached hydrogen (secondary N) is 1. The normalized spacial score (nSPS) is 12.8. The van der Waals surface area contributed by atoms with Gasteiger partial charge in [0.1, 0.15) is 0 Å². The van der Waals surface area contributed by atoms with Gasteiger partial charge in [-0.1, -0.05) is 86.9 Å². The lowest BCUT2D eigenvalue weighted by atomic mass is 10.1. The molecule has 29 heavy (non-hydrogen) atoms. The quantitative estimate of drug-likeness (QED) is 0.247. The number of ketones is 1. The molecule has 2 N–H and O–H groups in total. The summed E-state index contributed by atoms with van der Waals surface area (Å²) in [6, 6.07) is 9.91. The van der Waals surface area contributed by atoms with E-state index in [1.807, 2.05) is 37.3 Å². The third-order valence-corrected chi connectivity index (χ3v) is 4.53. The van der Waals surface area contributed by atoms with Crippen LogP contribution in [0.3, 0.4) is 0 Å². The number of aliphatic hydroxyl groups is 1. The van der Waals surface area contributed by atoms with Crippen molar-refractivity contribution in [3.8, 4) is 0 Å². The molecule has 0 unspecified atom stereocenters. The van der Waals surface area contributed by atoms with Crippen molar-refractivity contribution in [2.24, 2.45) is 0 Å². The van der Waals surface area contributed by atoms with Gasteiger partial charge in [0.2, 0.25) is 5.91 Å². The zero-order valence-electron chi connectivity index (χ0n) is 17.6. The SMILES string of the molecule is CC[C@H](O)/C=C/C=C/C=C/C(=O)CCCCCCCC(=O)NCc1ccccc1. The molecule has 1 rings (SSSR count). The molecule has 0 saturated heterocycles. The Bertz CT molecular complexity index is 662. The molecule has 0 aliphatic rings. The number of hydrogen-bond donors (Lipinski definition) is 2. The van der Waals surface area contributed by atoms with Gasteiger partial charge in [0.25, 0.3) is 0 Å². The van der Waals surface area contributed by atoms with E-state index in [-0.39, 0.29) is 11.7 Å². The van der Waals surface area contributed by atoms with E-state index in [9.17, 15) is 14.7 Å². The van der Waals surface area contributed by atoms with Crippen molar-refractivity contribution in [3.05, 3.63) is 72.4 Å². The van der Waals surface area contributed by atoms with Crippen LogP contribution < -0.4 is 5.32 Å². The summed E-state index contributed by atoms with van der Waals surface area (Å²) in [5, 5.41) is 12.3. The molecule has 0 saturated carbocycles. The second-order valence-corrected chi connectivity index (χ2v) is 7.10. The number of hydrogen-bond acceptors (Lipinski definition) is 3. The minimum atomic E-state index is -0.408. The lowest BCUT2D eigenvalue weighted by Crippen LogP contribution is -2.22. The fraction of sp³-hybridized carbons (Fsp3) is 0.440. The molecule has 0 aliphatic carbocycles. The predicted molar refractivity (Wildman–Crippen MR) is 119 cm³/mol. The number of benzene rings is 1. The van der Waals surface area contributed by atoms with Crippen molar-refractivity contribution in [3.63, 3.8) is 0 Å². The van der Waals surface area contributed by atoms with Gasteiger partial charge < -0.3 is 10.4 Å². The summed E-state index contributed by atoms with van der Waals surface area (Å²) in [5.41, 5.74) is 1.11. The van der Waals surface area contributed by atoms with E-state index in [0.29, 0.717) is 25.8 Å². The molecule has 1 atom stereocenters. The van der Waals surface area contributed by atoms with Crippen LogP contribution in [0, 0.1) is 0 Å². The second-order valence-electron chi connectivity index (χ2n) is 7.10. The van der Waals surface area contributed by atoms with Crippen LogP contribution in [0.1, 0.15) is 63.9 Å². The van der Waals surface area contributed by atoms with Gasteiger partial charge in [0, 0.05) is 19.4 Å². The maximum atomic E-state index is 11.8. The molecule has 0 heterocycles. The van der Waals surface area contributed by atoms with Gasteiger partial charge in [0.05, 0.1) is 6.10 Å². The Hall–Kier alpha value is -2.46. The molecule has 0 aromatic heterocycles. The average molecular weight is 398 g/mol. The van der Waals surface area contributed by atoms with Crippen LogP contribution in [-0.4, -0.2) is 22.9 Å². The molecule has 4 heteroatoms. The highest BCUT2D eigenvalue weighted by atomic mass is 16.3. The zero-order valence-corrected chi connectivity index (χ0v) is 17.6. The molecule has 158 valence electrons. The second kappa shape index (κ2) is 16.5. The van der Waals surface area contributed by atoms with Crippen LogP contribution in [0.4, 0.5) is 0 Å². The van der Waals surface area contributed by atoms with Crippen molar-refractivity contribution >= 4 is 11.7 Å². The Morgan fingerprint density at radius 1 is 0.931 bits per heavy atom.